The molecule has 0 aliphatic rings. The molecule has 0 unspecified atom stereocenters. The highest BCUT2D eigenvalue weighted by Crippen LogP contribution is 2.17. The van der Waals surface area contributed by atoms with Gasteiger partial charge in [0, 0.05) is 18.2 Å². The maximum absolute atomic E-state index is 13.5. The predicted octanol–water partition coefficient (Wildman–Crippen LogP) is 2.48. The summed E-state index contributed by atoms with van der Waals surface area (Å²) in [5, 5.41) is 5.78. The van der Waals surface area contributed by atoms with E-state index < -0.39 is 5.82 Å². The van der Waals surface area contributed by atoms with E-state index in [-0.39, 0.29) is 24.0 Å². The molecular formula is C13H18ClFN2O. The van der Waals surface area contributed by atoms with Gasteiger partial charge in [-0.15, -0.1) is 0 Å². The molecule has 3 nitrogen and oxygen atoms in total. The fourth-order valence-corrected chi connectivity index (χ4v) is 1.55. The number of halogens is 2. The highest BCUT2D eigenvalue weighted by molar-refractivity contribution is 6.30. The van der Waals surface area contributed by atoms with Crippen LogP contribution in [-0.2, 0) is 11.3 Å². The molecule has 5 heteroatoms. The van der Waals surface area contributed by atoms with Crippen LogP contribution in [-0.4, -0.2) is 18.5 Å². The van der Waals surface area contributed by atoms with Crippen LogP contribution in [0.1, 0.15) is 25.8 Å². The average molecular weight is 273 g/mol. The minimum absolute atomic E-state index is 0.0690. The summed E-state index contributed by atoms with van der Waals surface area (Å²) in [4.78, 5) is 11.5. The molecule has 0 fully saturated rings. The number of rotatable bonds is 6. The summed E-state index contributed by atoms with van der Waals surface area (Å²) in [7, 11) is 0. The summed E-state index contributed by atoms with van der Waals surface area (Å²) in [5.41, 5.74) is 0.388. The minimum atomic E-state index is -0.477. The van der Waals surface area contributed by atoms with Gasteiger partial charge in [0.15, 0.2) is 0 Å². The Morgan fingerprint density at radius 3 is 2.89 bits per heavy atom. The van der Waals surface area contributed by atoms with Gasteiger partial charge in [0.25, 0.3) is 0 Å². The van der Waals surface area contributed by atoms with Crippen LogP contribution in [0.25, 0.3) is 0 Å². The van der Waals surface area contributed by atoms with Crippen molar-refractivity contribution in [1.82, 2.24) is 10.6 Å². The molecule has 1 aromatic rings. The van der Waals surface area contributed by atoms with Crippen molar-refractivity contribution < 1.29 is 9.18 Å². The van der Waals surface area contributed by atoms with E-state index in [9.17, 15) is 9.18 Å². The van der Waals surface area contributed by atoms with Gasteiger partial charge in [0.1, 0.15) is 5.82 Å². The first-order valence-corrected chi connectivity index (χ1v) is 6.35. The van der Waals surface area contributed by atoms with Gasteiger partial charge >= 0.3 is 0 Å². The SMILES string of the molecule is CC[C@H](C)NCC(=O)NCc1cccc(Cl)c1F. The van der Waals surface area contributed by atoms with Crippen molar-refractivity contribution in [2.45, 2.75) is 32.9 Å². The first kappa shape index (κ1) is 14.9. The number of nitrogens with one attached hydrogen (secondary N) is 2. The van der Waals surface area contributed by atoms with E-state index in [4.69, 9.17) is 11.6 Å². The van der Waals surface area contributed by atoms with Gasteiger partial charge in [-0.2, -0.15) is 0 Å². The van der Waals surface area contributed by atoms with Crippen LogP contribution >= 0.6 is 11.6 Å². The van der Waals surface area contributed by atoms with Crippen molar-refractivity contribution in [3.8, 4) is 0 Å². The average Bonchev–Trinajstić information content (AvgIpc) is 2.37. The van der Waals surface area contributed by atoms with Crippen molar-refractivity contribution in [3.05, 3.63) is 34.6 Å². The van der Waals surface area contributed by atoms with Gasteiger partial charge in [-0.3, -0.25) is 4.79 Å². The third kappa shape index (κ3) is 4.63. The molecule has 1 rings (SSSR count). The molecule has 1 aromatic carbocycles. The second-order valence-electron chi connectivity index (χ2n) is 4.18. The summed E-state index contributed by atoms with van der Waals surface area (Å²) in [6, 6.07) is 5.03. The van der Waals surface area contributed by atoms with Gasteiger partial charge in [-0.05, 0) is 19.4 Å². The number of carbonyl (C=O) groups is 1. The molecule has 1 amide bonds. The molecule has 0 heterocycles. The molecule has 0 aliphatic carbocycles. The van der Waals surface area contributed by atoms with Crippen LogP contribution in [0.4, 0.5) is 4.39 Å². The first-order valence-electron chi connectivity index (χ1n) is 5.97. The number of benzene rings is 1. The molecule has 0 bridgehead atoms. The van der Waals surface area contributed by atoms with Crippen molar-refractivity contribution in [1.29, 1.82) is 0 Å². The second-order valence-corrected chi connectivity index (χ2v) is 4.59. The van der Waals surface area contributed by atoms with Crippen LogP contribution in [0.2, 0.25) is 5.02 Å². The quantitative estimate of drug-likeness (QED) is 0.835. The summed E-state index contributed by atoms with van der Waals surface area (Å²) in [6.45, 7) is 4.42. The van der Waals surface area contributed by atoms with Crippen LogP contribution < -0.4 is 10.6 Å². The molecular weight excluding hydrogens is 255 g/mol. The van der Waals surface area contributed by atoms with Crippen molar-refractivity contribution in [2.24, 2.45) is 0 Å². The highest BCUT2D eigenvalue weighted by Gasteiger charge is 2.08. The number of hydrogen-bond donors (Lipinski definition) is 2. The predicted molar refractivity (Wildman–Crippen MR) is 71.0 cm³/mol. The molecule has 2 N–H and O–H groups in total. The van der Waals surface area contributed by atoms with Crippen LogP contribution in [0.3, 0.4) is 0 Å². The highest BCUT2D eigenvalue weighted by atomic mass is 35.5. The maximum atomic E-state index is 13.5. The fraction of sp³-hybridized carbons (Fsp3) is 0.462. The normalized spacial score (nSPS) is 12.2. The van der Waals surface area contributed by atoms with E-state index in [0.29, 0.717) is 11.6 Å². The minimum Gasteiger partial charge on any atom is -0.351 e. The second kappa shape index (κ2) is 7.34. The lowest BCUT2D eigenvalue weighted by molar-refractivity contribution is -0.120. The summed E-state index contributed by atoms with van der Waals surface area (Å²) in [5.74, 6) is -0.635. The van der Waals surface area contributed by atoms with Crippen LogP contribution in [0, 0.1) is 5.82 Å². The van der Waals surface area contributed by atoms with Crippen molar-refractivity contribution in [3.63, 3.8) is 0 Å². The van der Waals surface area contributed by atoms with E-state index in [2.05, 4.69) is 10.6 Å². The van der Waals surface area contributed by atoms with Crippen molar-refractivity contribution in [2.75, 3.05) is 6.54 Å². The zero-order chi connectivity index (χ0) is 13.5. The van der Waals surface area contributed by atoms with E-state index in [1.807, 2.05) is 13.8 Å². The fourth-order valence-electron chi connectivity index (χ4n) is 1.35. The van der Waals surface area contributed by atoms with Crippen LogP contribution in [0.15, 0.2) is 18.2 Å². The molecule has 0 aliphatic heterocycles. The molecule has 1 atom stereocenters. The Hall–Kier alpha value is -1.13. The third-order valence-electron chi connectivity index (χ3n) is 2.73. The lowest BCUT2D eigenvalue weighted by atomic mass is 10.2. The molecule has 0 spiro atoms. The standard InChI is InChI=1S/C13H18ClFN2O/c1-3-9(2)16-8-12(18)17-7-10-5-4-6-11(14)13(10)15/h4-6,9,16H,3,7-8H2,1-2H3,(H,17,18)/t9-/m0/s1. The largest absolute Gasteiger partial charge is 0.351 e. The Labute approximate surface area is 112 Å². The lowest BCUT2D eigenvalue weighted by Crippen LogP contribution is -2.37. The van der Waals surface area contributed by atoms with E-state index in [0.717, 1.165) is 6.42 Å². The molecule has 100 valence electrons. The molecule has 18 heavy (non-hydrogen) atoms. The molecule has 0 radical (unpaired) electrons. The topological polar surface area (TPSA) is 41.1 Å². The third-order valence-corrected chi connectivity index (χ3v) is 3.02. The summed E-state index contributed by atoms with van der Waals surface area (Å²) < 4.78 is 13.5. The van der Waals surface area contributed by atoms with Crippen LogP contribution in [0.5, 0.6) is 0 Å². The smallest absolute Gasteiger partial charge is 0.234 e. The Morgan fingerprint density at radius 1 is 1.50 bits per heavy atom. The number of hydrogen-bond acceptors (Lipinski definition) is 2. The van der Waals surface area contributed by atoms with E-state index >= 15 is 0 Å². The lowest BCUT2D eigenvalue weighted by Gasteiger charge is -2.11. The zero-order valence-electron chi connectivity index (χ0n) is 10.6. The monoisotopic (exact) mass is 272 g/mol. The van der Waals surface area contributed by atoms with Crippen molar-refractivity contribution >= 4 is 17.5 Å². The van der Waals surface area contributed by atoms with Gasteiger partial charge < -0.3 is 10.6 Å². The number of carbonyl (C=O) groups excluding carboxylic acids is 1. The summed E-state index contributed by atoms with van der Waals surface area (Å²) in [6.07, 6.45) is 0.955. The maximum Gasteiger partial charge on any atom is 0.234 e. The summed E-state index contributed by atoms with van der Waals surface area (Å²) >= 11 is 5.65. The van der Waals surface area contributed by atoms with Gasteiger partial charge in [0.2, 0.25) is 5.91 Å². The Kier molecular flexibility index (Phi) is 6.09. The van der Waals surface area contributed by atoms with E-state index in [1.54, 1.807) is 12.1 Å². The number of amides is 1. The van der Waals surface area contributed by atoms with Gasteiger partial charge in [-0.1, -0.05) is 30.7 Å². The molecule has 0 aromatic heterocycles. The van der Waals surface area contributed by atoms with Gasteiger partial charge in [-0.25, -0.2) is 4.39 Å². The Balaban J connectivity index is 2.41. The molecule has 0 saturated heterocycles. The zero-order valence-corrected chi connectivity index (χ0v) is 11.4. The molecule has 0 saturated carbocycles. The first-order chi connectivity index (χ1) is 8.54. The van der Waals surface area contributed by atoms with Gasteiger partial charge in [0.05, 0.1) is 11.6 Å². The van der Waals surface area contributed by atoms with E-state index in [1.165, 1.54) is 6.07 Å². The Morgan fingerprint density at radius 2 is 2.22 bits per heavy atom. The Bertz CT molecular complexity index is 412.